The maximum Gasteiger partial charge on any atom is 0.138 e. The molecular weight excluding hydrogens is 271 g/mol. The topological polar surface area (TPSA) is 38.5 Å². The number of benzene rings is 1. The maximum atomic E-state index is 13.0. The molecule has 5 heteroatoms. The normalized spacial score (nSPS) is 19.9. The van der Waals surface area contributed by atoms with Crippen molar-refractivity contribution in [1.82, 2.24) is 10.1 Å². The molecule has 0 saturated carbocycles. The summed E-state index contributed by atoms with van der Waals surface area (Å²) in [6.07, 6.45) is -0.0141. The van der Waals surface area contributed by atoms with E-state index in [1.54, 1.807) is 12.1 Å². The zero-order chi connectivity index (χ0) is 14.8. The molecule has 0 aliphatic carbocycles. The van der Waals surface area contributed by atoms with Crippen molar-refractivity contribution in [2.75, 3.05) is 19.7 Å². The van der Waals surface area contributed by atoms with Gasteiger partial charge in [-0.25, -0.2) is 4.39 Å². The maximum absolute atomic E-state index is 13.0. The summed E-state index contributed by atoms with van der Waals surface area (Å²) in [5, 5.41) is 3.99. The molecular formula is C16H19FN2O2. The van der Waals surface area contributed by atoms with Gasteiger partial charge in [0.15, 0.2) is 0 Å². The Bertz CT molecular complexity index is 590. The van der Waals surface area contributed by atoms with Crippen LogP contribution in [0.3, 0.4) is 0 Å². The lowest BCUT2D eigenvalue weighted by Crippen LogP contribution is -2.38. The molecule has 2 aromatic rings. The monoisotopic (exact) mass is 290 g/mol. The predicted octanol–water partition coefficient (Wildman–Crippen LogP) is 3.00. The van der Waals surface area contributed by atoms with E-state index < -0.39 is 0 Å². The van der Waals surface area contributed by atoms with Gasteiger partial charge in [0.05, 0.1) is 18.4 Å². The first-order valence-electron chi connectivity index (χ1n) is 7.14. The third-order valence-corrected chi connectivity index (χ3v) is 3.96. The van der Waals surface area contributed by atoms with Crippen LogP contribution in [0.4, 0.5) is 4.39 Å². The third-order valence-electron chi connectivity index (χ3n) is 3.96. The average Bonchev–Trinajstić information content (AvgIpc) is 2.80. The molecule has 1 fully saturated rings. The largest absolute Gasteiger partial charge is 0.371 e. The summed E-state index contributed by atoms with van der Waals surface area (Å²) >= 11 is 0. The van der Waals surface area contributed by atoms with Gasteiger partial charge in [-0.1, -0.05) is 17.3 Å². The molecule has 2 heterocycles. The Kier molecular flexibility index (Phi) is 4.03. The lowest BCUT2D eigenvalue weighted by Gasteiger charge is -2.33. The summed E-state index contributed by atoms with van der Waals surface area (Å²) in [5.74, 6) is 0.652. The summed E-state index contributed by atoms with van der Waals surface area (Å²) < 4.78 is 24.0. The Morgan fingerprint density at radius 2 is 2.05 bits per heavy atom. The lowest BCUT2D eigenvalue weighted by molar-refractivity contribution is -0.0331. The first-order chi connectivity index (χ1) is 10.1. The number of nitrogens with zero attached hydrogens (tertiary/aromatic N) is 2. The molecule has 1 saturated heterocycles. The van der Waals surface area contributed by atoms with E-state index in [0.29, 0.717) is 6.61 Å². The molecule has 0 radical (unpaired) electrons. The molecule has 0 amide bonds. The van der Waals surface area contributed by atoms with Gasteiger partial charge in [-0.15, -0.1) is 0 Å². The summed E-state index contributed by atoms with van der Waals surface area (Å²) in [4.78, 5) is 2.32. The van der Waals surface area contributed by atoms with E-state index in [0.717, 1.165) is 42.2 Å². The Morgan fingerprint density at radius 3 is 2.71 bits per heavy atom. The van der Waals surface area contributed by atoms with E-state index in [4.69, 9.17) is 9.26 Å². The number of hydrogen-bond donors (Lipinski definition) is 0. The van der Waals surface area contributed by atoms with E-state index in [2.05, 4.69) is 10.1 Å². The molecule has 1 aromatic heterocycles. The molecule has 1 aromatic carbocycles. The van der Waals surface area contributed by atoms with Crippen LogP contribution in [0.2, 0.25) is 0 Å². The number of halogens is 1. The van der Waals surface area contributed by atoms with Crippen molar-refractivity contribution in [3.05, 3.63) is 52.7 Å². The molecule has 112 valence electrons. The highest BCUT2D eigenvalue weighted by Gasteiger charge is 2.23. The minimum absolute atomic E-state index is 0.0141. The van der Waals surface area contributed by atoms with Crippen LogP contribution in [0.5, 0.6) is 0 Å². The van der Waals surface area contributed by atoms with Gasteiger partial charge in [0.2, 0.25) is 0 Å². The molecule has 4 nitrogen and oxygen atoms in total. The highest BCUT2D eigenvalue weighted by Crippen LogP contribution is 2.24. The summed E-state index contributed by atoms with van der Waals surface area (Å²) in [7, 11) is 0. The number of aromatic nitrogens is 1. The van der Waals surface area contributed by atoms with Crippen LogP contribution in [0.15, 0.2) is 28.8 Å². The Balaban J connectivity index is 1.70. The minimum atomic E-state index is -0.220. The van der Waals surface area contributed by atoms with Crippen molar-refractivity contribution in [3.8, 4) is 0 Å². The van der Waals surface area contributed by atoms with Crippen molar-refractivity contribution >= 4 is 0 Å². The van der Waals surface area contributed by atoms with Gasteiger partial charge in [-0.3, -0.25) is 4.90 Å². The highest BCUT2D eigenvalue weighted by molar-refractivity contribution is 5.22. The summed E-state index contributed by atoms with van der Waals surface area (Å²) in [6, 6.07) is 6.54. The molecule has 0 spiro atoms. The van der Waals surface area contributed by atoms with Crippen LogP contribution in [0, 0.1) is 19.7 Å². The summed E-state index contributed by atoms with van der Waals surface area (Å²) in [6.45, 7) is 7.04. The van der Waals surface area contributed by atoms with E-state index >= 15 is 0 Å². The molecule has 1 aliphatic heterocycles. The van der Waals surface area contributed by atoms with Crippen molar-refractivity contribution < 1.29 is 13.7 Å². The van der Waals surface area contributed by atoms with Crippen LogP contribution in [0.25, 0.3) is 0 Å². The standard InChI is InChI=1S/C16H19FN2O2/c1-11-15(12(2)21-18-11)9-19-7-8-20-16(10-19)13-3-5-14(17)6-4-13/h3-6,16H,7-10H2,1-2H3/t16-/m0/s1. The van der Waals surface area contributed by atoms with Crippen LogP contribution in [0.1, 0.15) is 28.7 Å². The molecule has 1 atom stereocenters. The lowest BCUT2D eigenvalue weighted by atomic mass is 10.1. The second-order valence-corrected chi connectivity index (χ2v) is 5.45. The van der Waals surface area contributed by atoms with Gasteiger partial charge in [0.25, 0.3) is 0 Å². The molecule has 0 bridgehead atoms. The molecule has 0 N–H and O–H groups in total. The number of rotatable bonds is 3. The SMILES string of the molecule is Cc1noc(C)c1CN1CCO[C@H](c2ccc(F)cc2)C1. The van der Waals surface area contributed by atoms with Gasteiger partial charge in [0, 0.05) is 25.2 Å². The first kappa shape index (κ1) is 14.2. The van der Waals surface area contributed by atoms with Crippen LogP contribution >= 0.6 is 0 Å². The molecule has 21 heavy (non-hydrogen) atoms. The van der Waals surface area contributed by atoms with Gasteiger partial charge in [-0.05, 0) is 31.5 Å². The number of ether oxygens (including phenoxy) is 1. The Morgan fingerprint density at radius 1 is 1.29 bits per heavy atom. The number of aryl methyl sites for hydroxylation is 2. The minimum Gasteiger partial charge on any atom is -0.371 e. The molecule has 1 aliphatic rings. The molecule has 3 rings (SSSR count). The van der Waals surface area contributed by atoms with Crippen molar-refractivity contribution in [1.29, 1.82) is 0 Å². The second-order valence-electron chi connectivity index (χ2n) is 5.45. The van der Waals surface area contributed by atoms with Crippen LogP contribution < -0.4 is 0 Å². The fraction of sp³-hybridized carbons (Fsp3) is 0.438. The highest BCUT2D eigenvalue weighted by atomic mass is 19.1. The van der Waals surface area contributed by atoms with E-state index in [-0.39, 0.29) is 11.9 Å². The van der Waals surface area contributed by atoms with Gasteiger partial charge in [-0.2, -0.15) is 0 Å². The predicted molar refractivity (Wildman–Crippen MR) is 76.3 cm³/mol. The smallest absolute Gasteiger partial charge is 0.138 e. The average molecular weight is 290 g/mol. The zero-order valence-corrected chi connectivity index (χ0v) is 12.3. The zero-order valence-electron chi connectivity index (χ0n) is 12.3. The van der Waals surface area contributed by atoms with Gasteiger partial charge in [0.1, 0.15) is 11.6 Å². The van der Waals surface area contributed by atoms with E-state index in [1.165, 1.54) is 12.1 Å². The van der Waals surface area contributed by atoms with Crippen molar-refractivity contribution in [2.45, 2.75) is 26.5 Å². The fourth-order valence-corrected chi connectivity index (χ4v) is 2.68. The van der Waals surface area contributed by atoms with Crippen molar-refractivity contribution in [2.24, 2.45) is 0 Å². The third kappa shape index (κ3) is 3.14. The Hall–Kier alpha value is -1.72. The second kappa shape index (κ2) is 5.95. The molecule has 0 unspecified atom stereocenters. The first-order valence-corrected chi connectivity index (χ1v) is 7.14. The van der Waals surface area contributed by atoms with Crippen molar-refractivity contribution in [3.63, 3.8) is 0 Å². The number of hydrogen-bond acceptors (Lipinski definition) is 4. The van der Waals surface area contributed by atoms with Crippen LogP contribution in [-0.2, 0) is 11.3 Å². The summed E-state index contributed by atoms with van der Waals surface area (Å²) in [5.41, 5.74) is 3.10. The van der Waals surface area contributed by atoms with E-state index in [9.17, 15) is 4.39 Å². The van der Waals surface area contributed by atoms with Crippen LogP contribution in [-0.4, -0.2) is 29.8 Å². The fourth-order valence-electron chi connectivity index (χ4n) is 2.68. The van der Waals surface area contributed by atoms with Gasteiger partial charge >= 0.3 is 0 Å². The number of morpholine rings is 1. The van der Waals surface area contributed by atoms with Gasteiger partial charge < -0.3 is 9.26 Å². The van der Waals surface area contributed by atoms with E-state index in [1.807, 2.05) is 13.8 Å². The Labute approximate surface area is 123 Å². The quantitative estimate of drug-likeness (QED) is 0.871.